The first-order chi connectivity index (χ1) is 12.4. The average molecular weight is 426 g/mol. The zero-order valence-electron chi connectivity index (χ0n) is 13.5. The third kappa shape index (κ3) is 3.83. The van der Waals surface area contributed by atoms with Gasteiger partial charge in [-0.15, -0.1) is 0 Å². The lowest BCUT2D eigenvalue weighted by molar-refractivity contribution is -0.113. The minimum atomic E-state index is -0.246. The van der Waals surface area contributed by atoms with Crippen LogP contribution in [0.2, 0.25) is 10.0 Å². The Kier molecular flexibility index (Phi) is 5.77. The Morgan fingerprint density at radius 2 is 2.00 bits per heavy atom. The van der Waals surface area contributed by atoms with Crippen LogP contribution in [0.3, 0.4) is 0 Å². The van der Waals surface area contributed by atoms with Crippen LogP contribution in [-0.4, -0.2) is 21.9 Å². The van der Waals surface area contributed by atoms with E-state index in [1.807, 2.05) is 6.92 Å². The van der Waals surface area contributed by atoms with Crippen molar-refractivity contribution in [2.24, 2.45) is 0 Å². The Morgan fingerprint density at radius 3 is 2.69 bits per heavy atom. The van der Waals surface area contributed by atoms with Crippen LogP contribution in [0.4, 0.5) is 5.69 Å². The van der Waals surface area contributed by atoms with Crippen molar-refractivity contribution in [1.29, 1.82) is 0 Å². The number of hydrogen-bond donors (Lipinski definition) is 1. The second kappa shape index (κ2) is 7.88. The third-order valence-corrected chi connectivity index (χ3v) is 5.58. The molecule has 1 aliphatic rings. The van der Waals surface area contributed by atoms with Crippen LogP contribution < -0.4 is 9.64 Å². The van der Waals surface area contributed by atoms with Crippen LogP contribution in [0.15, 0.2) is 41.3 Å². The topological polar surface area (TPSA) is 49.8 Å². The maximum atomic E-state index is 12.8. The standard InChI is InChI=1S/C18H13Cl2NO3S2/c1-2-24-15-7-10(3-6-14(15)22)8-16-17(23)21(18(25)26-16)11-4-5-12(19)13(20)9-11/h3-9,22H,2H2,1H3. The molecule has 0 bridgehead atoms. The molecular weight excluding hydrogens is 413 g/mol. The summed E-state index contributed by atoms with van der Waals surface area (Å²) in [5.41, 5.74) is 1.28. The van der Waals surface area contributed by atoms with Gasteiger partial charge in [0.2, 0.25) is 0 Å². The lowest BCUT2D eigenvalue weighted by atomic mass is 10.2. The molecule has 0 unspecified atom stereocenters. The number of rotatable bonds is 4. The number of phenols is 1. The van der Waals surface area contributed by atoms with Gasteiger partial charge < -0.3 is 9.84 Å². The van der Waals surface area contributed by atoms with Gasteiger partial charge in [0, 0.05) is 0 Å². The number of anilines is 1. The van der Waals surface area contributed by atoms with Gasteiger partial charge in [0.15, 0.2) is 15.8 Å². The number of carbonyl (C=O) groups is 1. The molecule has 26 heavy (non-hydrogen) atoms. The molecule has 1 N–H and O–H groups in total. The normalized spacial score (nSPS) is 15.8. The Labute approximate surface area is 170 Å². The Hall–Kier alpha value is -1.73. The molecular formula is C18H13Cl2NO3S2. The van der Waals surface area contributed by atoms with E-state index in [0.717, 1.165) is 5.56 Å². The fraction of sp³-hybridized carbons (Fsp3) is 0.111. The summed E-state index contributed by atoms with van der Waals surface area (Å²) in [6.07, 6.45) is 1.71. The van der Waals surface area contributed by atoms with Gasteiger partial charge in [0.25, 0.3) is 5.91 Å². The van der Waals surface area contributed by atoms with Crippen molar-refractivity contribution < 1.29 is 14.6 Å². The molecule has 134 valence electrons. The van der Waals surface area contributed by atoms with Crippen LogP contribution in [0.1, 0.15) is 12.5 Å². The minimum Gasteiger partial charge on any atom is -0.504 e. The Morgan fingerprint density at radius 1 is 1.23 bits per heavy atom. The van der Waals surface area contributed by atoms with Gasteiger partial charge in [-0.2, -0.15) is 0 Å². The van der Waals surface area contributed by atoms with E-state index in [0.29, 0.717) is 37.3 Å². The van der Waals surface area contributed by atoms with Crippen LogP contribution in [0.25, 0.3) is 6.08 Å². The van der Waals surface area contributed by atoms with Crippen molar-refractivity contribution >= 4 is 69.2 Å². The second-order valence-electron chi connectivity index (χ2n) is 5.28. The van der Waals surface area contributed by atoms with Crippen LogP contribution >= 0.6 is 47.2 Å². The van der Waals surface area contributed by atoms with Crippen molar-refractivity contribution in [3.63, 3.8) is 0 Å². The molecule has 3 rings (SSSR count). The first kappa shape index (κ1) is 19.0. The van der Waals surface area contributed by atoms with E-state index in [4.69, 9.17) is 40.2 Å². The van der Waals surface area contributed by atoms with E-state index in [2.05, 4.69) is 0 Å². The molecule has 0 saturated carbocycles. The molecule has 0 aromatic heterocycles. The van der Waals surface area contributed by atoms with Gasteiger partial charge in [0.05, 0.1) is 27.2 Å². The van der Waals surface area contributed by atoms with Gasteiger partial charge in [-0.25, -0.2) is 0 Å². The van der Waals surface area contributed by atoms with Crippen LogP contribution in [0.5, 0.6) is 11.5 Å². The highest BCUT2D eigenvalue weighted by Gasteiger charge is 2.33. The van der Waals surface area contributed by atoms with Crippen LogP contribution in [-0.2, 0) is 4.79 Å². The molecule has 1 heterocycles. The highest BCUT2D eigenvalue weighted by atomic mass is 35.5. The SMILES string of the molecule is CCOc1cc(C=C2SC(=S)N(c3ccc(Cl)c(Cl)c3)C2=O)ccc1O. The third-order valence-electron chi connectivity index (χ3n) is 3.54. The molecule has 1 saturated heterocycles. The summed E-state index contributed by atoms with van der Waals surface area (Å²) < 4.78 is 5.78. The molecule has 2 aromatic rings. The number of carbonyl (C=O) groups excluding carboxylic acids is 1. The molecule has 0 aliphatic carbocycles. The van der Waals surface area contributed by atoms with Gasteiger partial charge in [-0.05, 0) is 48.9 Å². The number of thiocarbonyl (C=S) groups is 1. The number of benzene rings is 2. The zero-order valence-corrected chi connectivity index (χ0v) is 16.7. The average Bonchev–Trinajstić information content (AvgIpc) is 2.87. The van der Waals surface area contributed by atoms with E-state index in [9.17, 15) is 9.90 Å². The molecule has 0 atom stereocenters. The number of nitrogens with zero attached hydrogens (tertiary/aromatic N) is 1. The first-order valence-corrected chi connectivity index (χ1v) is 9.57. The predicted octanol–water partition coefficient (Wildman–Crippen LogP) is 5.50. The van der Waals surface area contributed by atoms with Crippen molar-refractivity contribution in [3.8, 4) is 11.5 Å². The fourth-order valence-corrected chi connectivity index (χ4v) is 3.95. The van der Waals surface area contributed by atoms with E-state index < -0.39 is 0 Å². The highest BCUT2D eigenvalue weighted by molar-refractivity contribution is 8.27. The lowest BCUT2D eigenvalue weighted by Gasteiger charge is -2.15. The monoisotopic (exact) mass is 425 g/mol. The number of amides is 1. The summed E-state index contributed by atoms with van der Waals surface area (Å²) >= 11 is 18.5. The molecule has 8 heteroatoms. The largest absolute Gasteiger partial charge is 0.504 e. The van der Waals surface area contributed by atoms with Crippen molar-refractivity contribution in [2.75, 3.05) is 11.5 Å². The summed E-state index contributed by atoms with van der Waals surface area (Å²) in [6.45, 7) is 2.25. The van der Waals surface area contributed by atoms with Crippen molar-refractivity contribution in [2.45, 2.75) is 6.92 Å². The van der Waals surface area contributed by atoms with Gasteiger partial charge in [-0.3, -0.25) is 9.69 Å². The minimum absolute atomic E-state index is 0.0485. The second-order valence-corrected chi connectivity index (χ2v) is 7.77. The van der Waals surface area contributed by atoms with Gasteiger partial charge >= 0.3 is 0 Å². The molecule has 1 fully saturated rings. The molecule has 1 aliphatic heterocycles. The fourth-order valence-electron chi connectivity index (χ4n) is 2.36. The number of ether oxygens (including phenoxy) is 1. The molecule has 0 radical (unpaired) electrons. The quantitative estimate of drug-likeness (QED) is 0.517. The Bertz CT molecular complexity index is 931. The smallest absolute Gasteiger partial charge is 0.270 e. The number of thioether (sulfide) groups is 1. The summed E-state index contributed by atoms with van der Waals surface area (Å²) in [6, 6.07) is 9.81. The zero-order chi connectivity index (χ0) is 18.8. The van der Waals surface area contributed by atoms with E-state index in [1.54, 1.807) is 36.4 Å². The maximum Gasteiger partial charge on any atom is 0.270 e. The summed E-state index contributed by atoms with van der Waals surface area (Å²) in [4.78, 5) is 14.7. The molecule has 0 spiro atoms. The van der Waals surface area contributed by atoms with Crippen molar-refractivity contribution in [1.82, 2.24) is 0 Å². The number of hydrogen-bond acceptors (Lipinski definition) is 5. The molecule has 2 aromatic carbocycles. The van der Waals surface area contributed by atoms with E-state index >= 15 is 0 Å². The Balaban J connectivity index is 1.92. The van der Waals surface area contributed by atoms with E-state index in [-0.39, 0.29) is 11.7 Å². The summed E-state index contributed by atoms with van der Waals surface area (Å²) in [5.74, 6) is 0.165. The van der Waals surface area contributed by atoms with Crippen molar-refractivity contribution in [3.05, 3.63) is 56.9 Å². The van der Waals surface area contributed by atoms with Gasteiger partial charge in [0.1, 0.15) is 0 Å². The highest BCUT2D eigenvalue weighted by Crippen LogP contribution is 2.38. The van der Waals surface area contributed by atoms with Gasteiger partial charge in [-0.1, -0.05) is 53.2 Å². The summed E-state index contributed by atoms with van der Waals surface area (Å²) in [7, 11) is 0. The first-order valence-electron chi connectivity index (χ1n) is 7.59. The number of halogens is 2. The maximum absolute atomic E-state index is 12.8. The number of aromatic hydroxyl groups is 1. The van der Waals surface area contributed by atoms with E-state index in [1.165, 1.54) is 22.7 Å². The molecule has 1 amide bonds. The predicted molar refractivity (Wildman–Crippen MR) is 111 cm³/mol. The molecule has 4 nitrogen and oxygen atoms in total. The number of phenolic OH excluding ortho intramolecular Hbond substituents is 1. The van der Waals surface area contributed by atoms with Crippen LogP contribution in [0, 0.1) is 0 Å². The summed E-state index contributed by atoms with van der Waals surface area (Å²) in [5, 5.41) is 10.5. The lowest BCUT2D eigenvalue weighted by Crippen LogP contribution is -2.27.